The summed E-state index contributed by atoms with van der Waals surface area (Å²) in [5.74, 6) is -1.45. The summed E-state index contributed by atoms with van der Waals surface area (Å²) in [6.45, 7) is 1.14. The fourth-order valence-corrected chi connectivity index (χ4v) is 2.67. The second kappa shape index (κ2) is 8.97. The van der Waals surface area contributed by atoms with E-state index >= 15 is 0 Å². The van der Waals surface area contributed by atoms with Crippen molar-refractivity contribution in [2.75, 3.05) is 19.9 Å². The van der Waals surface area contributed by atoms with E-state index in [1.54, 1.807) is 6.92 Å². The van der Waals surface area contributed by atoms with E-state index < -0.39 is 36.8 Å². The van der Waals surface area contributed by atoms with Crippen molar-refractivity contribution in [1.82, 2.24) is 0 Å². The van der Waals surface area contributed by atoms with Gasteiger partial charge in [-0.1, -0.05) is 12.8 Å². The predicted octanol–water partition coefficient (Wildman–Crippen LogP) is 0.113. The van der Waals surface area contributed by atoms with Gasteiger partial charge in [0.1, 0.15) is 24.4 Å². The first-order chi connectivity index (χ1) is 10.0. The maximum atomic E-state index is 12.0. The Bertz CT molecular complexity index is 291. The van der Waals surface area contributed by atoms with Gasteiger partial charge in [0.15, 0.2) is 5.79 Å². The van der Waals surface area contributed by atoms with Gasteiger partial charge in [0.2, 0.25) is 0 Å². The predicted molar refractivity (Wildman–Crippen MR) is 73.4 cm³/mol. The Balaban J connectivity index is 2.71. The smallest absolute Gasteiger partial charge is 0.197 e. The molecule has 7 heteroatoms. The molecule has 1 aliphatic rings. The zero-order valence-electron chi connectivity index (χ0n) is 12.4. The standard InChI is InChI=1S/C14H27FO6/c1-2-20-14(7-5-3-4-6-8-15)13(19)12(18)11(17)10(9-16)21-14/h10-13,16-19H,2-9H2,1H3/t10-,11-,12+,13-,14?/m1/s1. The van der Waals surface area contributed by atoms with E-state index in [4.69, 9.17) is 9.47 Å². The lowest BCUT2D eigenvalue weighted by Crippen LogP contribution is -2.66. The third-order valence-corrected chi connectivity index (χ3v) is 3.83. The van der Waals surface area contributed by atoms with Crippen molar-refractivity contribution in [2.45, 2.75) is 69.2 Å². The molecular formula is C14H27FO6. The molecule has 1 rings (SSSR count). The molecule has 1 aliphatic heterocycles. The number of ether oxygens (including phenoxy) is 2. The summed E-state index contributed by atoms with van der Waals surface area (Å²) in [4.78, 5) is 0. The highest BCUT2D eigenvalue weighted by atomic mass is 19.1. The Kier molecular flexibility index (Phi) is 8.00. The van der Waals surface area contributed by atoms with Crippen LogP contribution in [0.4, 0.5) is 4.39 Å². The van der Waals surface area contributed by atoms with Crippen molar-refractivity contribution in [3.05, 3.63) is 0 Å². The minimum atomic E-state index is -1.45. The van der Waals surface area contributed by atoms with Gasteiger partial charge in [-0.15, -0.1) is 0 Å². The molecule has 0 amide bonds. The van der Waals surface area contributed by atoms with Crippen LogP contribution in [0.25, 0.3) is 0 Å². The first-order valence-corrected chi connectivity index (χ1v) is 7.55. The Morgan fingerprint density at radius 3 is 2.33 bits per heavy atom. The number of halogens is 1. The lowest BCUT2D eigenvalue weighted by molar-refractivity contribution is -0.365. The highest BCUT2D eigenvalue weighted by Crippen LogP contribution is 2.35. The quantitative estimate of drug-likeness (QED) is 0.451. The zero-order chi connectivity index (χ0) is 15.9. The van der Waals surface area contributed by atoms with Crippen LogP contribution in [0.15, 0.2) is 0 Å². The fourth-order valence-electron chi connectivity index (χ4n) is 2.67. The lowest BCUT2D eigenvalue weighted by Gasteiger charge is -2.48. The monoisotopic (exact) mass is 310 g/mol. The molecule has 0 aliphatic carbocycles. The molecule has 5 atom stereocenters. The van der Waals surface area contributed by atoms with Gasteiger partial charge in [0, 0.05) is 13.0 Å². The van der Waals surface area contributed by atoms with Crippen molar-refractivity contribution < 1.29 is 34.3 Å². The fraction of sp³-hybridized carbons (Fsp3) is 1.00. The molecule has 6 nitrogen and oxygen atoms in total. The van der Waals surface area contributed by atoms with E-state index in [0.717, 1.165) is 12.8 Å². The van der Waals surface area contributed by atoms with Gasteiger partial charge in [-0.3, -0.25) is 4.39 Å². The zero-order valence-corrected chi connectivity index (χ0v) is 12.4. The Labute approximate surface area is 124 Å². The lowest BCUT2D eigenvalue weighted by atomic mass is 9.89. The van der Waals surface area contributed by atoms with Gasteiger partial charge in [0.05, 0.1) is 13.3 Å². The van der Waals surface area contributed by atoms with Crippen LogP contribution >= 0.6 is 0 Å². The van der Waals surface area contributed by atoms with Crippen LogP contribution in [0.1, 0.15) is 39.0 Å². The summed E-state index contributed by atoms with van der Waals surface area (Å²) in [7, 11) is 0. The van der Waals surface area contributed by atoms with Gasteiger partial charge in [-0.25, -0.2) is 0 Å². The molecule has 1 fully saturated rings. The normalized spacial score (nSPS) is 36.9. The van der Waals surface area contributed by atoms with Crippen molar-refractivity contribution >= 4 is 0 Å². The number of rotatable bonds is 9. The van der Waals surface area contributed by atoms with Crippen LogP contribution < -0.4 is 0 Å². The third kappa shape index (κ3) is 4.58. The van der Waals surface area contributed by atoms with E-state index in [1.807, 2.05) is 0 Å². The van der Waals surface area contributed by atoms with Gasteiger partial charge >= 0.3 is 0 Å². The maximum absolute atomic E-state index is 12.0. The van der Waals surface area contributed by atoms with Crippen molar-refractivity contribution in [2.24, 2.45) is 0 Å². The first-order valence-electron chi connectivity index (χ1n) is 7.55. The molecule has 0 aromatic carbocycles. The summed E-state index contributed by atoms with van der Waals surface area (Å²) in [5.41, 5.74) is 0. The van der Waals surface area contributed by atoms with Crippen LogP contribution in [-0.4, -0.2) is 70.5 Å². The van der Waals surface area contributed by atoms with E-state index in [0.29, 0.717) is 19.3 Å². The minimum Gasteiger partial charge on any atom is -0.394 e. The first kappa shape index (κ1) is 18.7. The molecule has 1 unspecified atom stereocenters. The molecule has 0 aromatic rings. The molecule has 0 spiro atoms. The molecule has 1 saturated heterocycles. The van der Waals surface area contributed by atoms with E-state index in [9.17, 15) is 24.8 Å². The van der Waals surface area contributed by atoms with Crippen LogP contribution in [0.3, 0.4) is 0 Å². The topological polar surface area (TPSA) is 99.4 Å². The Hall–Kier alpha value is -0.310. The number of unbranched alkanes of at least 4 members (excludes halogenated alkanes) is 3. The molecule has 0 bridgehead atoms. The van der Waals surface area contributed by atoms with Gasteiger partial charge in [0.25, 0.3) is 0 Å². The van der Waals surface area contributed by atoms with E-state index in [2.05, 4.69) is 0 Å². The highest BCUT2D eigenvalue weighted by Gasteiger charge is 2.53. The Morgan fingerprint density at radius 1 is 1.10 bits per heavy atom. The molecular weight excluding hydrogens is 283 g/mol. The third-order valence-electron chi connectivity index (χ3n) is 3.83. The summed E-state index contributed by atoms with van der Waals surface area (Å²) < 4.78 is 23.1. The molecule has 0 aromatic heterocycles. The molecule has 4 N–H and O–H groups in total. The van der Waals surface area contributed by atoms with E-state index in [1.165, 1.54) is 0 Å². The average Bonchev–Trinajstić information content (AvgIpc) is 2.48. The van der Waals surface area contributed by atoms with Gasteiger partial charge in [-0.2, -0.15) is 0 Å². The summed E-state index contributed by atoms with van der Waals surface area (Å²) >= 11 is 0. The SMILES string of the molecule is CCOC1(CCCCCCF)O[C@H](CO)[C@@H](O)[C@H](O)[C@H]1O. The molecule has 126 valence electrons. The van der Waals surface area contributed by atoms with Crippen molar-refractivity contribution in [1.29, 1.82) is 0 Å². The number of hydrogen-bond acceptors (Lipinski definition) is 6. The van der Waals surface area contributed by atoms with Crippen LogP contribution in [0, 0.1) is 0 Å². The van der Waals surface area contributed by atoms with Gasteiger partial charge < -0.3 is 29.9 Å². The van der Waals surface area contributed by atoms with Crippen molar-refractivity contribution in [3.8, 4) is 0 Å². The summed E-state index contributed by atoms with van der Waals surface area (Å²) in [6.07, 6.45) is -2.35. The highest BCUT2D eigenvalue weighted by molar-refractivity contribution is 4.97. The minimum absolute atomic E-state index is 0.252. The maximum Gasteiger partial charge on any atom is 0.197 e. The van der Waals surface area contributed by atoms with E-state index in [-0.39, 0.29) is 13.3 Å². The van der Waals surface area contributed by atoms with Gasteiger partial charge in [-0.05, 0) is 19.8 Å². The summed E-state index contributed by atoms with van der Waals surface area (Å²) in [6, 6.07) is 0. The molecule has 1 heterocycles. The molecule has 0 radical (unpaired) electrons. The average molecular weight is 310 g/mol. The van der Waals surface area contributed by atoms with Crippen LogP contribution in [0.2, 0.25) is 0 Å². The second-order valence-electron chi connectivity index (χ2n) is 5.36. The largest absolute Gasteiger partial charge is 0.394 e. The molecule has 21 heavy (non-hydrogen) atoms. The van der Waals surface area contributed by atoms with Crippen molar-refractivity contribution in [3.63, 3.8) is 0 Å². The number of aliphatic hydroxyl groups is 4. The van der Waals surface area contributed by atoms with Crippen LogP contribution in [0.5, 0.6) is 0 Å². The summed E-state index contributed by atoms with van der Waals surface area (Å²) in [5, 5.41) is 39.1. The Morgan fingerprint density at radius 2 is 1.76 bits per heavy atom. The number of hydrogen-bond donors (Lipinski definition) is 4. The second-order valence-corrected chi connectivity index (χ2v) is 5.36. The number of aliphatic hydroxyl groups excluding tert-OH is 4. The molecule has 0 saturated carbocycles. The van der Waals surface area contributed by atoms with Crippen LogP contribution in [-0.2, 0) is 9.47 Å². The number of alkyl halides is 1.